The van der Waals surface area contributed by atoms with Gasteiger partial charge in [0.05, 0.1) is 32.0 Å². The minimum atomic E-state index is -4.45. The number of methoxy groups -OCH3 is 2. The molecule has 1 fully saturated rings. The molecule has 0 aliphatic carbocycles. The number of hydrogen-bond acceptors (Lipinski definition) is 5. The number of nitrogens with zero attached hydrogens (tertiary/aromatic N) is 2. The lowest BCUT2D eigenvalue weighted by molar-refractivity contribution is -0.137. The van der Waals surface area contributed by atoms with Crippen molar-refractivity contribution in [3.05, 3.63) is 89.0 Å². The van der Waals surface area contributed by atoms with E-state index in [-0.39, 0.29) is 18.4 Å². The van der Waals surface area contributed by atoms with Crippen LogP contribution in [0.25, 0.3) is 0 Å². The number of carbonyl (C=O) groups is 2. The molecular formula is C27H23F3N2O4S. The number of amides is 2. The van der Waals surface area contributed by atoms with Crippen LogP contribution in [-0.2, 0) is 22.4 Å². The zero-order chi connectivity index (χ0) is 26.4. The average Bonchev–Trinajstić information content (AvgIpc) is 3.44. The molecule has 6 nitrogen and oxygen atoms in total. The molecule has 5 rings (SSSR count). The highest BCUT2D eigenvalue weighted by Crippen LogP contribution is 2.55. The van der Waals surface area contributed by atoms with Gasteiger partial charge < -0.3 is 19.3 Å². The van der Waals surface area contributed by atoms with E-state index in [1.54, 1.807) is 47.4 Å². The maximum absolute atomic E-state index is 14.1. The van der Waals surface area contributed by atoms with Crippen LogP contribution >= 0.6 is 11.8 Å². The van der Waals surface area contributed by atoms with E-state index in [9.17, 15) is 22.8 Å². The van der Waals surface area contributed by atoms with Crippen LogP contribution < -0.4 is 14.4 Å². The van der Waals surface area contributed by atoms with Gasteiger partial charge >= 0.3 is 6.18 Å². The quantitative estimate of drug-likeness (QED) is 0.449. The van der Waals surface area contributed by atoms with Crippen molar-refractivity contribution in [2.45, 2.75) is 17.6 Å². The summed E-state index contributed by atoms with van der Waals surface area (Å²) in [4.78, 5) is 29.6. The summed E-state index contributed by atoms with van der Waals surface area (Å²) in [5.41, 5.74) is 1.41. The van der Waals surface area contributed by atoms with Crippen molar-refractivity contribution in [1.82, 2.24) is 4.90 Å². The van der Waals surface area contributed by atoms with Crippen LogP contribution in [-0.4, -0.2) is 43.2 Å². The summed E-state index contributed by atoms with van der Waals surface area (Å²) in [6.07, 6.45) is -4.45. The predicted molar refractivity (Wildman–Crippen MR) is 134 cm³/mol. The normalized spacial score (nSPS) is 18.9. The molecule has 10 heteroatoms. The Kier molecular flexibility index (Phi) is 6.31. The van der Waals surface area contributed by atoms with E-state index in [2.05, 4.69) is 0 Å². The second kappa shape index (κ2) is 9.33. The van der Waals surface area contributed by atoms with Crippen molar-refractivity contribution in [1.29, 1.82) is 0 Å². The maximum atomic E-state index is 14.1. The molecule has 1 atom stereocenters. The Labute approximate surface area is 216 Å². The predicted octanol–water partition coefficient (Wildman–Crippen LogP) is 5.31. The molecule has 0 N–H and O–H groups in total. The van der Waals surface area contributed by atoms with Gasteiger partial charge in [-0.1, -0.05) is 12.1 Å². The Morgan fingerprint density at radius 2 is 1.62 bits per heavy atom. The number of anilines is 1. The molecule has 0 aromatic heterocycles. The van der Waals surface area contributed by atoms with Crippen LogP contribution in [0.3, 0.4) is 0 Å². The van der Waals surface area contributed by atoms with Gasteiger partial charge in [-0.3, -0.25) is 9.59 Å². The van der Waals surface area contributed by atoms with Crippen LogP contribution in [0.15, 0.2) is 66.7 Å². The topological polar surface area (TPSA) is 59.1 Å². The van der Waals surface area contributed by atoms with Gasteiger partial charge in [0.25, 0.3) is 11.8 Å². The highest BCUT2D eigenvalue weighted by Gasteiger charge is 2.59. The van der Waals surface area contributed by atoms with Gasteiger partial charge in [-0.2, -0.15) is 13.2 Å². The third-order valence-electron chi connectivity index (χ3n) is 6.60. The van der Waals surface area contributed by atoms with E-state index in [1.807, 2.05) is 0 Å². The molecule has 3 aromatic rings. The Balaban J connectivity index is 1.54. The van der Waals surface area contributed by atoms with E-state index in [4.69, 9.17) is 9.47 Å². The first kappa shape index (κ1) is 25.0. The first-order chi connectivity index (χ1) is 17.7. The fraction of sp³-hybridized carbons (Fsp3) is 0.259. The molecule has 0 saturated carbocycles. The molecule has 1 saturated heterocycles. The lowest BCUT2D eigenvalue weighted by atomic mass is 10.0. The standard InChI is InChI=1S/C27H23F3N2O4S/c1-35-20-9-5-18(6-10-20)24(33)32-13-14-37-26(32)22-15-21(36-2)11-12-23(22)31(25(26)34)16-17-3-7-19(8-4-17)27(28,29)30/h3-12,15H,13-14,16H2,1-2H3/t26-/m0/s1. The summed E-state index contributed by atoms with van der Waals surface area (Å²) >= 11 is 1.37. The minimum Gasteiger partial charge on any atom is -0.497 e. The van der Waals surface area contributed by atoms with E-state index in [0.717, 1.165) is 12.1 Å². The molecule has 2 amide bonds. The van der Waals surface area contributed by atoms with E-state index < -0.39 is 16.6 Å². The van der Waals surface area contributed by atoms with Crippen molar-refractivity contribution in [2.24, 2.45) is 0 Å². The SMILES string of the molecule is COc1ccc(C(=O)N2CCS[C@@]23C(=O)N(Cc2ccc(C(F)(F)F)cc2)c2ccc(OC)cc23)cc1. The second-order valence-corrected chi connectivity index (χ2v) is 9.93. The lowest BCUT2D eigenvalue weighted by Gasteiger charge is -2.33. The van der Waals surface area contributed by atoms with Crippen molar-refractivity contribution < 1.29 is 32.2 Å². The van der Waals surface area contributed by atoms with Crippen LogP contribution in [0, 0.1) is 0 Å². The highest BCUT2D eigenvalue weighted by molar-refractivity contribution is 8.01. The molecule has 2 aliphatic heterocycles. The van der Waals surface area contributed by atoms with Gasteiger partial charge in [0.2, 0.25) is 0 Å². The van der Waals surface area contributed by atoms with E-state index in [0.29, 0.717) is 46.2 Å². The van der Waals surface area contributed by atoms with Crippen LogP contribution in [0.1, 0.15) is 27.0 Å². The fourth-order valence-electron chi connectivity index (χ4n) is 4.75. The zero-order valence-corrected chi connectivity index (χ0v) is 20.9. The van der Waals surface area contributed by atoms with Gasteiger partial charge in [-0.05, 0) is 60.2 Å². The Bertz CT molecular complexity index is 1350. The molecule has 0 bridgehead atoms. The lowest BCUT2D eigenvalue weighted by Crippen LogP contribution is -2.50. The number of thioether (sulfide) groups is 1. The number of ether oxygens (including phenoxy) is 2. The summed E-state index contributed by atoms with van der Waals surface area (Å²) in [5.74, 6) is 1.06. The molecule has 2 heterocycles. The largest absolute Gasteiger partial charge is 0.497 e. The van der Waals surface area contributed by atoms with E-state index >= 15 is 0 Å². The van der Waals surface area contributed by atoms with Crippen molar-refractivity contribution in [3.8, 4) is 11.5 Å². The Morgan fingerprint density at radius 1 is 0.973 bits per heavy atom. The van der Waals surface area contributed by atoms with Gasteiger partial charge in [0, 0.05) is 23.4 Å². The molecule has 192 valence electrons. The summed E-state index contributed by atoms with van der Waals surface area (Å²) in [5, 5.41) is 0. The minimum absolute atomic E-state index is 0.0587. The first-order valence-corrected chi connectivity index (χ1v) is 12.4. The second-order valence-electron chi connectivity index (χ2n) is 8.65. The molecule has 3 aromatic carbocycles. The van der Waals surface area contributed by atoms with Gasteiger partial charge in [-0.15, -0.1) is 11.8 Å². The van der Waals surface area contributed by atoms with Gasteiger partial charge in [-0.25, -0.2) is 0 Å². The van der Waals surface area contributed by atoms with Crippen molar-refractivity contribution >= 4 is 29.3 Å². The number of carbonyl (C=O) groups excluding carboxylic acids is 2. The maximum Gasteiger partial charge on any atom is 0.416 e. The first-order valence-electron chi connectivity index (χ1n) is 11.5. The van der Waals surface area contributed by atoms with E-state index in [1.165, 1.54) is 43.0 Å². The highest BCUT2D eigenvalue weighted by atomic mass is 32.2. The summed E-state index contributed by atoms with van der Waals surface area (Å²) < 4.78 is 49.7. The molecule has 1 spiro atoms. The number of alkyl halides is 3. The average molecular weight is 529 g/mol. The molecule has 37 heavy (non-hydrogen) atoms. The van der Waals surface area contributed by atoms with Gasteiger partial charge in [0.15, 0.2) is 4.87 Å². The molecule has 0 unspecified atom stereocenters. The number of rotatable bonds is 5. The summed E-state index contributed by atoms with van der Waals surface area (Å²) in [6, 6.07) is 16.7. The Morgan fingerprint density at radius 3 is 2.24 bits per heavy atom. The third kappa shape index (κ3) is 4.19. The summed E-state index contributed by atoms with van der Waals surface area (Å²) in [6.45, 7) is 0.412. The monoisotopic (exact) mass is 528 g/mol. The fourth-order valence-corrected chi connectivity index (χ4v) is 6.20. The van der Waals surface area contributed by atoms with Gasteiger partial charge in [0.1, 0.15) is 11.5 Å². The number of hydrogen-bond donors (Lipinski definition) is 0. The molecule has 0 radical (unpaired) electrons. The van der Waals surface area contributed by atoms with Crippen LogP contribution in [0.4, 0.5) is 18.9 Å². The molecular weight excluding hydrogens is 505 g/mol. The number of halogens is 3. The smallest absolute Gasteiger partial charge is 0.416 e. The zero-order valence-electron chi connectivity index (χ0n) is 20.0. The third-order valence-corrected chi connectivity index (χ3v) is 8.02. The van der Waals surface area contributed by atoms with Crippen LogP contribution in [0.2, 0.25) is 0 Å². The van der Waals surface area contributed by atoms with Crippen molar-refractivity contribution in [2.75, 3.05) is 31.4 Å². The number of benzene rings is 3. The Hall–Kier alpha value is -3.66. The number of fused-ring (bicyclic) bond motifs is 2. The van der Waals surface area contributed by atoms with Crippen LogP contribution in [0.5, 0.6) is 11.5 Å². The summed E-state index contributed by atoms with van der Waals surface area (Å²) in [7, 11) is 3.06. The van der Waals surface area contributed by atoms with Crippen molar-refractivity contribution in [3.63, 3.8) is 0 Å². The molecule has 2 aliphatic rings.